The van der Waals surface area contributed by atoms with Gasteiger partial charge < -0.3 is 14.8 Å². The van der Waals surface area contributed by atoms with Gasteiger partial charge in [0.05, 0.1) is 6.54 Å². The smallest absolute Gasteiger partial charge is 0.371 e. The van der Waals surface area contributed by atoms with Crippen LogP contribution in [0.2, 0.25) is 0 Å². The van der Waals surface area contributed by atoms with Gasteiger partial charge in [-0.15, -0.1) is 0 Å². The number of benzene rings is 1. The molecule has 0 saturated carbocycles. The highest BCUT2D eigenvalue weighted by Gasteiger charge is 2.08. The summed E-state index contributed by atoms with van der Waals surface area (Å²) in [5.74, 6) is -2.59. The van der Waals surface area contributed by atoms with Crippen molar-refractivity contribution in [1.82, 2.24) is 5.32 Å². The van der Waals surface area contributed by atoms with E-state index in [0.717, 1.165) is 12.1 Å². The summed E-state index contributed by atoms with van der Waals surface area (Å²) in [5, 5.41) is 11.6. The highest BCUT2D eigenvalue weighted by Crippen LogP contribution is 2.10. The number of hydrogen-bond donors (Lipinski definition) is 2. The molecule has 0 bridgehead atoms. The van der Waals surface area contributed by atoms with Gasteiger partial charge in [-0.2, -0.15) is 0 Å². The zero-order valence-electron chi connectivity index (χ0n) is 9.82. The minimum Gasteiger partial charge on any atom is -0.475 e. The number of rotatable bonds is 5. The van der Waals surface area contributed by atoms with Gasteiger partial charge >= 0.3 is 5.97 Å². The number of furan rings is 1. The summed E-state index contributed by atoms with van der Waals surface area (Å²) in [6.45, 7) is 0.618. The van der Waals surface area contributed by atoms with Gasteiger partial charge in [-0.3, -0.25) is 0 Å². The molecular formula is C13H11F2NO3. The SMILES string of the molecule is O=C(O)c1ccc(CNCc2ccc(F)c(F)c2)o1. The largest absolute Gasteiger partial charge is 0.475 e. The van der Waals surface area contributed by atoms with Crippen LogP contribution >= 0.6 is 0 Å². The lowest BCUT2D eigenvalue weighted by Gasteiger charge is -2.03. The molecule has 2 rings (SSSR count). The monoisotopic (exact) mass is 267 g/mol. The summed E-state index contributed by atoms with van der Waals surface area (Å²) in [4.78, 5) is 10.6. The molecule has 0 spiro atoms. The third-order valence-electron chi connectivity index (χ3n) is 2.48. The normalized spacial score (nSPS) is 10.6. The Labute approximate surface area is 107 Å². The Hall–Kier alpha value is -2.21. The Kier molecular flexibility index (Phi) is 3.91. The second-order valence-electron chi connectivity index (χ2n) is 3.92. The molecule has 1 aromatic carbocycles. The fourth-order valence-corrected chi connectivity index (χ4v) is 1.57. The van der Waals surface area contributed by atoms with Crippen LogP contribution in [-0.4, -0.2) is 11.1 Å². The molecule has 1 aromatic heterocycles. The number of halogens is 2. The van der Waals surface area contributed by atoms with E-state index in [2.05, 4.69) is 5.32 Å². The average molecular weight is 267 g/mol. The van der Waals surface area contributed by atoms with Crippen molar-refractivity contribution in [1.29, 1.82) is 0 Å². The number of carbonyl (C=O) groups is 1. The van der Waals surface area contributed by atoms with Gasteiger partial charge in [0, 0.05) is 6.54 Å². The quantitative estimate of drug-likeness (QED) is 0.873. The first-order chi connectivity index (χ1) is 9.06. The number of hydrogen-bond acceptors (Lipinski definition) is 3. The van der Waals surface area contributed by atoms with Crippen molar-refractivity contribution in [2.45, 2.75) is 13.1 Å². The van der Waals surface area contributed by atoms with Gasteiger partial charge in [0.25, 0.3) is 0 Å². The van der Waals surface area contributed by atoms with E-state index in [9.17, 15) is 13.6 Å². The first kappa shape index (κ1) is 13.2. The molecule has 6 heteroatoms. The Balaban J connectivity index is 1.88. The van der Waals surface area contributed by atoms with Crippen LogP contribution < -0.4 is 5.32 Å². The molecule has 19 heavy (non-hydrogen) atoms. The van der Waals surface area contributed by atoms with Gasteiger partial charge in [-0.05, 0) is 29.8 Å². The lowest BCUT2D eigenvalue weighted by molar-refractivity contribution is 0.0660. The van der Waals surface area contributed by atoms with E-state index in [1.54, 1.807) is 6.07 Å². The summed E-state index contributed by atoms with van der Waals surface area (Å²) in [6, 6.07) is 6.53. The second kappa shape index (κ2) is 5.62. The first-order valence-electron chi connectivity index (χ1n) is 5.53. The third-order valence-corrected chi connectivity index (χ3v) is 2.48. The summed E-state index contributed by atoms with van der Waals surface area (Å²) in [5.41, 5.74) is 0.587. The van der Waals surface area contributed by atoms with E-state index in [0.29, 0.717) is 24.4 Å². The van der Waals surface area contributed by atoms with Crippen molar-refractivity contribution in [2.75, 3.05) is 0 Å². The molecule has 0 aliphatic rings. The minimum atomic E-state index is -1.13. The number of carboxylic acid groups (broad SMARTS) is 1. The lowest BCUT2D eigenvalue weighted by atomic mass is 10.2. The van der Waals surface area contributed by atoms with E-state index in [1.165, 1.54) is 12.1 Å². The van der Waals surface area contributed by atoms with Crippen LogP contribution in [0.1, 0.15) is 21.9 Å². The summed E-state index contributed by atoms with van der Waals surface area (Å²) in [6.07, 6.45) is 0. The molecule has 0 radical (unpaired) electrons. The molecule has 4 nitrogen and oxygen atoms in total. The maximum absolute atomic E-state index is 12.9. The van der Waals surface area contributed by atoms with Gasteiger partial charge in [-0.1, -0.05) is 6.07 Å². The molecule has 0 atom stereocenters. The van der Waals surface area contributed by atoms with Crippen LogP contribution in [0.5, 0.6) is 0 Å². The molecule has 2 aromatic rings. The van der Waals surface area contributed by atoms with Crippen LogP contribution in [0.25, 0.3) is 0 Å². The maximum atomic E-state index is 12.9. The van der Waals surface area contributed by atoms with Crippen molar-refractivity contribution < 1.29 is 23.1 Å². The van der Waals surface area contributed by atoms with Crippen molar-refractivity contribution in [3.05, 3.63) is 59.1 Å². The minimum absolute atomic E-state index is 0.135. The molecule has 0 aliphatic heterocycles. The summed E-state index contributed by atoms with van der Waals surface area (Å²) >= 11 is 0. The average Bonchev–Trinajstić information content (AvgIpc) is 2.83. The summed E-state index contributed by atoms with van der Waals surface area (Å²) in [7, 11) is 0. The van der Waals surface area contributed by atoms with Gasteiger partial charge in [0.1, 0.15) is 5.76 Å². The standard InChI is InChI=1S/C13H11F2NO3/c14-10-3-1-8(5-11(10)15)6-16-7-9-2-4-12(19-9)13(17)18/h1-5,16H,6-7H2,(H,17,18). The number of aromatic carboxylic acids is 1. The van der Waals surface area contributed by atoms with Crippen LogP contribution in [0, 0.1) is 11.6 Å². The highest BCUT2D eigenvalue weighted by molar-refractivity contribution is 5.84. The van der Waals surface area contributed by atoms with E-state index >= 15 is 0 Å². The molecular weight excluding hydrogens is 256 g/mol. The van der Waals surface area contributed by atoms with E-state index in [4.69, 9.17) is 9.52 Å². The van der Waals surface area contributed by atoms with Crippen LogP contribution in [0.4, 0.5) is 8.78 Å². The topological polar surface area (TPSA) is 62.5 Å². The first-order valence-corrected chi connectivity index (χ1v) is 5.53. The van der Waals surface area contributed by atoms with Gasteiger partial charge in [0.2, 0.25) is 5.76 Å². The lowest BCUT2D eigenvalue weighted by Crippen LogP contribution is -2.12. The van der Waals surface area contributed by atoms with E-state index < -0.39 is 17.6 Å². The number of carboxylic acids is 1. The van der Waals surface area contributed by atoms with Crippen molar-refractivity contribution in [3.63, 3.8) is 0 Å². The van der Waals surface area contributed by atoms with E-state index in [1.807, 2.05) is 0 Å². The molecule has 2 N–H and O–H groups in total. The van der Waals surface area contributed by atoms with Gasteiger partial charge in [0.15, 0.2) is 11.6 Å². The molecule has 100 valence electrons. The maximum Gasteiger partial charge on any atom is 0.371 e. The predicted octanol–water partition coefficient (Wildman–Crippen LogP) is 2.55. The molecule has 0 amide bonds. The fourth-order valence-electron chi connectivity index (χ4n) is 1.57. The molecule has 1 heterocycles. The molecule has 0 fully saturated rings. The Morgan fingerprint density at radius 1 is 1.16 bits per heavy atom. The molecule has 0 unspecified atom stereocenters. The van der Waals surface area contributed by atoms with Crippen LogP contribution in [0.15, 0.2) is 34.7 Å². The molecule has 0 saturated heterocycles. The predicted molar refractivity (Wildman–Crippen MR) is 62.6 cm³/mol. The Bertz CT molecular complexity index is 595. The van der Waals surface area contributed by atoms with E-state index in [-0.39, 0.29) is 5.76 Å². The van der Waals surface area contributed by atoms with Crippen molar-refractivity contribution >= 4 is 5.97 Å². The van der Waals surface area contributed by atoms with Crippen molar-refractivity contribution in [2.24, 2.45) is 0 Å². The fraction of sp³-hybridized carbons (Fsp3) is 0.154. The van der Waals surface area contributed by atoms with Crippen LogP contribution in [0.3, 0.4) is 0 Å². The van der Waals surface area contributed by atoms with Crippen LogP contribution in [-0.2, 0) is 13.1 Å². The number of nitrogens with one attached hydrogen (secondary N) is 1. The third kappa shape index (κ3) is 3.38. The van der Waals surface area contributed by atoms with Gasteiger partial charge in [-0.25, -0.2) is 13.6 Å². The zero-order valence-corrected chi connectivity index (χ0v) is 9.82. The summed E-state index contributed by atoms with van der Waals surface area (Å²) < 4.78 is 30.7. The Morgan fingerprint density at radius 2 is 1.95 bits per heavy atom. The zero-order chi connectivity index (χ0) is 13.8. The second-order valence-corrected chi connectivity index (χ2v) is 3.92. The Morgan fingerprint density at radius 3 is 2.58 bits per heavy atom. The molecule has 0 aliphatic carbocycles. The van der Waals surface area contributed by atoms with Crippen molar-refractivity contribution in [3.8, 4) is 0 Å². The highest BCUT2D eigenvalue weighted by atomic mass is 19.2.